The number of hydrogen-bond acceptors (Lipinski definition) is 1. The van der Waals surface area contributed by atoms with E-state index in [1.54, 1.807) is 51.4 Å². The highest BCUT2D eigenvalue weighted by Gasteiger charge is 2.67. The second kappa shape index (κ2) is 15.9. The molecule has 8 fully saturated rings. The topological polar surface area (TPSA) is 9.23 Å². The molecule has 0 aromatic heterocycles. The van der Waals surface area contributed by atoms with Crippen LogP contribution in [0.4, 0.5) is 0 Å². The van der Waals surface area contributed by atoms with Gasteiger partial charge in [-0.05, 0) is 212 Å². The third kappa shape index (κ3) is 7.51. The third-order valence-electron chi connectivity index (χ3n) is 20.9. The summed E-state index contributed by atoms with van der Waals surface area (Å²) in [6, 6.07) is 0. The van der Waals surface area contributed by atoms with Gasteiger partial charge in [0.2, 0.25) is 0 Å². The van der Waals surface area contributed by atoms with Gasteiger partial charge in [-0.1, -0.05) is 108 Å². The summed E-state index contributed by atoms with van der Waals surface area (Å²) in [5, 5.41) is 0. The predicted molar refractivity (Wildman–Crippen MR) is 239 cm³/mol. The van der Waals surface area contributed by atoms with Crippen LogP contribution in [0.25, 0.3) is 0 Å². The molecule has 55 heavy (non-hydrogen) atoms. The Bertz CT molecular complexity index is 1280. The number of fused-ring (bicyclic) bond motifs is 3. The van der Waals surface area contributed by atoms with E-state index in [9.17, 15) is 0 Å². The first-order valence-electron chi connectivity index (χ1n) is 25.5. The van der Waals surface area contributed by atoms with Crippen LogP contribution < -0.4 is 0 Å². The van der Waals surface area contributed by atoms with Crippen molar-refractivity contribution in [3.63, 3.8) is 0 Å². The zero-order valence-electron chi connectivity index (χ0n) is 39.0. The van der Waals surface area contributed by atoms with E-state index >= 15 is 0 Å². The van der Waals surface area contributed by atoms with E-state index in [1.165, 1.54) is 51.4 Å². The normalized spacial score (nSPS) is 54.8. The van der Waals surface area contributed by atoms with Gasteiger partial charge < -0.3 is 4.74 Å². The first-order chi connectivity index (χ1) is 26.0. The number of methoxy groups -OCH3 is 1. The summed E-state index contributed by atoms with van der Waals surface area (Å²) < 4.78 is 6.84. The van der Waals surface area contributed by atoms with Crippen LogP contribution in [0, 0.1) is 124 Å². The van der Waals surface area contributed by atoms with Crippen molar-refractivity contribution in [2.75, 3.05) is 7.11 Å². The summed E-state index contributed by atoms with van der Waals surface area (Å²) in [6.45, 7) is 32.7. The first-order valence-corrected chi connectivity index (χ1v) is 28.7. The highest BCUT2D eigenvalue weighted by Crippen LogP contribution is 2.73. The monoisotopic (exact) mass is 775 g/mol. The largest absolute Gasteiger partial charge is 0.381 e. The first kappa shape index (κ1) is 41.9. The summed E-state index contributed by atoms with van der Waals surface area (Å²) >= 11 is 0. The van der Waals surface area contributed by atoms with Crippen LogP contribution in [-0.2, 0) is 4.74 Å². The minimum atomic E-state index is -1.72. The average molecular weight is 775 g/mol. The van der Waals surface area contributed by atoms with Gasteiger partial charge in [0.05, 0.1) is 14.2 Å². The summed E-state index contributed by atoms with van der Waals surface area (Å²) in [7, 11) is 0.402. The zero-order chi connectivity index (χ0) is 39.3. The standard InChI is InChI=1S/C53H94OSi/c1-30-16-14-17-37(22-30)47-41-19-15-18-40(41)46(38-23-31(2)20-32(3)24-38)44-28-36(7)52(49(44)47)55(12,13)51-35(6)27-42-43(51)29-45(53(8,9)10)50(54-11)48(42)39-25-33(4)21-34(5)26-39/h30-52H,14-29H2,1-13H3/t30?,31?,32?,33?,34?,35?,36?,37?,38?,39?,40?,41?,42?,43?,44?,45?,46-,47?,48+,49?,50?,51?,52?/m0/s1. The molecule has 0 aromatic rings. The summed E-state index contributed by atoms with van der Waals surface area (Å²) in [6.07, 6.45) is 24.9. The van der Waals surface area contributed by atoms with E-state index in [2.05, 4.69) is 89.4 Å². The molecular formula is C53H94OSi. The van der Waals surface area contributed by atoms with E-state index in [0.717, 1.165) is 124 Å². The lowest BCUT2D eigenvalue weighted by molar-refractivity contribution is -0.121. The summed E-state index contributed by atoms with van der Waals surface area (Å²) in [5.74, 6) is 18.9. The molecule has 8 aliphatic carbocycles. The van der Waals surface area contributed by atoms with Crippen LogP contribution in [-0.4, -0.2) is 21.3 Å². The Kier molecular flexibility index (Phi) is 12.1. The van der Waals surface area contributed by atoms with Crippen LogP contribution in [0.2, 0.25) is 24.2 Å². The highest BCUT2D eigenvalue weighted by atomic mass is 28.3. The lowest BCUT2D eigenvalue weighted by atomic mass is 9.50. The van der Waals surface area contributed by atoms with E-state index < -0.39 is 8.07 Å². The van der Waals surface area contributed by atoms with Gasteiger partial charge in [-0.2, -0.15) is 0 Å². The molecule has 8 aliphatic rings. The van der Waals surface area contributed by atoms with Gasteiger partial charge in [-0.25, -0.2) is 0 Å². The van der Waals surface area contributed by atoms with Crippen LogP contribution in [0.3, 0.4) is 0 Å². The van der Waals surface area contributed by atoms with Gasteiger partial charge in [0.15, 0.2) is 0 Å². The smallest absolute Gasteiger partial charge is 0.0638 e. The van der Waals surface area contributed by atoms with Crippen molar-refractivity contribution in [2.45, 2.75) is 202 Å². The fourth-order valence-corrected chi connectivity index (χ4v) is 27.0. The van der Waals surface area contributed by atoms with Gasteiger partial charge in [0.1, 0.15) is 0 Å². The molecule has 0 radical (unpaired) electrons. The molecule has 8 saturated carbocycles. The van der Waals surface area contributed by atoms with Gasteiger partial charge >= 0.3 is 0 Å². The zero-order valence-corrected chi connectivity index (χ0v) is 40.0. The predicted octanol–water partition coefficient (Wildman–Crippen LogP) is 15.3. The van der Waals surface area contributed by atoms with E-state index in [4.69, 9.17) is 4.74 Å². The molecule has 0 N–H and O–H groups in total. The van der Waals surface area contributed by atoms with Gasteiger partial charge in [-0.15, -0.1) is 0 Å². The fourth-order valence-electron chi connectivity index (χ4n) is 20.4. The minimum absolute atomic E-state index is 0.300. The maximum atomic E-state index is 6.84. The molecule has 0 bridgehead atoms. The quantitative estimate of drug-likeness (QED) is 0.244. The molecule has 0 spiro atoms. The van der Waals surface area contributed by atoms with Crippen LogP contribution >= 0.6 is 0 Å². The lowest BCUT2D eigenvalue weighted by Gasteiger charge is -2.59. The molecule has 0 heterocycles. The van der Waals surface area contributed by atoms with Gasteiger partial charge in [-0.3, -0.25) is 0 Å². The third-order valence-corrected chi connectivity index (χ3v) is 26.3. The molecular weight excluding hydrogens is 681 g/mol. The lowest BCUT2D eigenvalue weighted by Crippen LogP contribution is -2.56. The Labute approximate surface area is 344 Å². The van der Waals surface area contributed by atoms with Crippen molar-refractivity contribution >= 4 is 8.07 Å². The van der Waals surface area contributed by atoms with E-state index in [-0.39, 0.29) is 0 Å². The maximum Gasteiger partial charge on any atom is 0.0638 e. The summed E-state index contributed by atoms with van der Waals surface area (Å²) in [5.41, 5.74) is 2.33. The second-order valence-corrected chi connectivity index (χ2v) is 31.1. The van der Waals surface area contributed by atoms with E-state index in [0.29, 0.717) is 17.4 Å². The Hall–Kier alpha value is 0.177. The molecule has 1 nitrogen and oxygen atoms in total. The molecule has 19 unspecified atom stereocenters. The van der Waals surface area contributed by atoms with Crippen molar-refractivity contribution in [2.24, 2.45) is 124 Å². The van der Waals surface area contributed by atoms with Crippen molar-refractivity contribution in [3.05, 3.63) is 0 Å². The van der Waals surface area contributed by atoms with Crippen LogP contribution in [0.1, 0.15) is 172 Å². The molecule has 316 valence electrons. The van der Waals surface area contributed by atoms with Gasteiger partial charge in [0.25, 0.3) is 0 Å². The Morgan fingerprint density at radius 3 is 1.51 bits per heavy atom. The number of hydrogen-bond donors (Lipinski definition) is 0. The van der Waals surface area contributed by atoms with Crippen molar-refractivity contribution < 1.29 is 4.74 Å². The molecule has 0 aliphatic heterocycles. The molecule has 21 atom stereocenters. The van der Waals surface area contributed by atoms with Crippen molar-refractivity contribution in [1.82, 2.24) is 0 Å². The minimum Gasteiger partial charge on any atom is -0.381 e. The molecule has 0 saturated heterocycles. The van der Waals surface area contributed by atoms with Crippen LogP contribution in [0.5, 0.6) is 0 Å². The fraction of sp³-hybridized carbons (Fsp3) is 1.00. The Balaban J connectivity index is 1.19. The van der Waals surface area contributed by atoms with Crippen LogP contribution in [0.15, 0.2) is 0 Å². The van der Waals surface area contributed by atoms with E-state index in [1.807, 2.05) is 0 Å². The molecule has 0 amide bonds. The SMILES string of the molecule is COC1C(C(C)(C)C)CC2C(CC(C)C2[Si](C)(C)C2C(C)CC3C2C(C2CCCC(C)C2)C2CCCC2[C@@H]3C2CC(C)CC(C)C2)[C@H]1C1CC(C)CC(C)C1. The number of rotatable bonds is 6. The summed E-state index contributed by atoms with van der Waals surface area (Å²) in [4.78, 5) is 0. The Morgan fingerprint density at radius 2 is 0.945 bits per heavy atom. The highest BCUT2D eigenvalue weighted by molar-refractivity contribution is 6.80. The average Bonchev–Trinajstić information content (AvgIpc) is 3.79. The maximum absolute atomic E-state index is 6.84. The second-order valence-electron chi connectivity index (χ2n) is 26.2. The number of ether oxygens (including phenoxy) is 1. The van der Waals surface area contributed by atoms with Crippen molar-refractivity contribution in [3.8, 4) is 0 Å². The molecule has 8 rings (SSSR count). The van der Waals surface area contributed by atoms with Gasteiger partial charge in [0, 0.05) is 7.11 Å². The molecule has 0 aromatic carbocycles. The molecule has 2 heteroatoms. The Morgan fingerprint density at radius 1 is 0.436 bits per heavy atom. The van der Waals surface area contributed by atoms with Crippen molar-refractivity contribution in [1.29, 1.82) is 0 Å².